The van der Waals surface area contributed by atoms with Gasteiger partial charge >= 0.3 is 5.97 Å². The van der Waals surface area contributed by atoms with Gasteiger partial charge in [0.2, 0.25) is 11.7 Å². The van der Waals surface area contributed by atoms with Gasteiger partial charge in [0, 0.05) is 27.9 Å². The van der Waals surface area contributed by atoms with Gasteiger partial charge < -0.3 is 10.1 Å². The molecule has 0 fully saturated rings. The number of nitrogens with one attached hydrogen (secondary N) is 1. The lowest BCUT2D eigenvalue weighted by molar-refractivity contribution is -0.136. The number of rotatable bonds is 7. The molecule has 1 N–H and O–H groups in total. The van der Waals surface area contributed by atoms with Crippen LogP contribution in [0.3, 0.4) is 0 Å². The maximum atomic E-state index is 13.6. The first kappa shape index (κ1) is 20.0. The van der Waals surface area contributed by atoms with Crippen molar-refractivity contribution in [2.75, 3.05) is 6.61 Å². The predicted octanol–water partition coefficient (Wildman–Crippen LogP) is 3.73. The summed E-state index contributed by atoms with van der Waals surface area (Å²) in [6.07, 6.45) is 2.35. The molecule has 136 valence electrons. The van der Waals surface area contributed by atoms with Gasteiger partial charge in [0.1, 0.15) is 5.82 Å². The molecule has 0 aliphatic heterocycles. The van der Waals surface area contributed by atoms with Gasteiger partial charge in [-0.05, 0) is 36.4 Å². The SMILES string of the molecule is CC(=O)NCc1ccc(C(=O)COC(=O)/C=C/c2cc(Br)ccc2F)s1. The van der Waals surface area contributed by atoms with Crippen molar-refractivity contribution in [3.8, 4) is 0 Å². The third-order valence-corrected chi connectivity index (χ3v) is 4.77. The first-order valence-electron chi connectivity index (χ1n) is 7.51. The molecule has 2 rings (SSSR count). The quantitative estimate of drug-likeness (QED) is 0.405. The summed E-state index contributed by atoms with van der Waals surface area (Å²) < 4.78 is 19.1. The third-order valence-electron chi connectivity index (χ3n) is 3.15. The summed E-state index contributed by atoms with van der Waals surface area (Å²) in [7, 11) is 0. The Morgan fingerprint density at radius 3 is 2.77 bits per heavy atom. The van der Waals surface area contributed by atoms with Crippen molar-refractivity contribution in [1.29, 1.82) is 0 Å². The fraction of sp³-hybridized carbons (Fsp3) is 0.167. The number of hydrogen-bond acceptors (Lipinski definition) is 5. The maximum absolute atomic E-state index is 13.6. The maximum Gasteiger partial charge on any atom is 0.331 e. The molecule has 1 heterocycles. The molecule has 0 saturated carbocycles. The molecule has 0 unspecified atom stereocenters. The van der Waals surface area contributed by atoms with Crippen LogP contribution in [0, 0.1) is 5.82 Å². The van der Waals surface area contributed by atoms with Crippen LogP contribution in [0.4, 0.5) is 4.39 Å². The molecule has 1 amide bonds. The van der Waals surface area contributed by atoms with E-state index in [1.165, 1.54) is 36.5 Å². The number of carbonyl (C=O) groups is 3. The highest BCUT2D eigenvalue weighted by Crippen LogP contribution is 2.18. The molecule has 5 nitrogen and oxygen atoms in total. The lowest BCUT2D eigenvalue weighted by Gasteiger charge is -2.01. The molecule has 0 saturated heterocycles. The number of Topliss-reactive ketones (excluding diaryl/α,β-unsaturated/α-hetero) is 1. The minimum absolute atomic E-state index is 0.158. The van der Waals surface area contributed by atoms with Gasteiger partial charge in [0.15, 0.2) is 6.61 Å². The van der Waals surface area contributed by atoms with E-state index in [-0.39, 0.29) is 17.3 Å². The molecular weight excluding hydrogens is 425 g/mol. The average molecular weight is 440 g/mol. The van der Waals surface area contributed by atoms with Crippen LogP contribution >= 0.6 is 27.3 Å². The topological polar surface area (TPSA) is 72.5 Å². The van der Waals surface area contributed by atoms with Crippen molar-refractivity contribution in [2.24, 2.45) is 0 Å². The normalized spacial score (nSPS) is 10.7. The smallest absolute Gasteiger partial charge is 0.331 e. The van der Waals surface area contributed by atoms with Crippen molar-refractivity contribution < 1.29 is 23.5 Å². The molecule has 1 aromatic heterocycles. The van der Waals surface area contributed by atoms with Crippen molar-refractivity contribution >= 4 is 51.0 Å². The van der Waals surface area contributed by atoms with Crippen LogP contribution in [0.15, 0.2) is 40.9 Å². The van der Waals surface area contributed by atoms with Crippen LogP contribution in [0.5, 0.6) is 0 Å². The van der Waals surface area contributed by atoms with Gasteiger partial charge in [-0.2, -0.15) is 0 Å². The zero-order valence-electron chi connectivity index (χ0n) is 13.8. The summed E-state index contributed by atoms with van der Waals surface area (Å²) >= 11 is 4.44. The number of esters is 1. The summed E-state index contributed by atoms with van der Waals surface area (Å²) in [4.78, 5) is 35.8. The molecular formula is C18H15BrFNO4S. The van der Waals surface area contributed by atoms with Crippen LogP contribution in [0.2, 0.25) is 0 Å². The van der Waals surface area contributed by atoms with Crippen molar-refractivity contribution in [2.45, 2.75) is 13.5 Å². The number of amides is 1. The summed E-state index contributed by atoms with van der Waals surface area (Å²) in [5.41, 5.74) is 0.225. The molecule has 8 heteroatoms. The highest BCUT2D eigenvalue weighted by molar-refractivity contribution is 9.10. The number of halogens is 2. The highest BCUT2D eigenvalue weighted by atomic mass is 79.9. The molecule has 0 aliphatic carbocycles. The molecule has 0 radical (unpaired) electrons. The van der Waals surface area contributed by atoms with Gasteiger partial charge in [-0.15, -0.1) is 11.3 Å². The van der Waals surface area contributed by atoms with Gasteiger partial charge in [-0.1, -0.05) is 15.9 Å². The Morgan fingerprint density at radius 2 is 2.04 bits per heavy atom. The third kappa shape index (κ3) is 6.20. The van der Waals surface area contributed by atoms with Crippen molar-refractivity contribution in [3.63, 3.8) is 0 Å². The average Bonchev–Trinajstić information content (AvgIpc) is 3.07. The van der Waals surface area contributed by atoms with Gasteiger partial charge in [-0.3, -0.25) is 9.59 Å². The Hall–Kier alpha value is -2.32. The molecule has 0 bridgehead atoms. The fourth-order valence-electron chi connectivity index (χ4n) is 1.89. The van der Waals surface area contributed by atoms with E-state index in [0.29, 0.717) is 15.9 Å². The molecule has 2 aromatic rings. The van der Waals surface area contributed by atoms with Crippen LogP contribution in [-0.2, 0) is 20.9 Å². The van der Waals surface area contributed by atoms with Crippen LogP contribution in [-0.4, -0.2) is 24.3 Å². The number of hydrogen-bond donors (Lipinski definition) is 1. The summed E-state index contributed by atoms with van der Waals surface area (Å²) in [6, 6.07) is 7.68. The van der Waals surface area contributed by atoms with Gasteiger partial charge in [0.05, 0.1) is 11.4 Å². The molecule has 1 aromatic carbocycles. The Morgan fingerprint density at radius 1 is 1.27 bits per heavy atom. The van der Waals surface area contributed by atoms with E-state index in [2.05, 4.69) is 21.2 Å². The predicted molar refractivity (Wildman–Crippen MR) is 100 cm³/mol. The Balaban J connectivity index is 1.86. The first-order valence-corrected chi connectivity index (χ1v) is 9.12. The van der Waals surface area contributed by atoms with E-state index in [9.17, 15) is 18.8 Å². The zero-order valence-corrected chi connectivity index (χ0v) is 16.2. The van der Waals surface area contributed by atoms with Crippen LogP contribution in [0.1, 0.15) is 27.0 Å². The number of carbonyl (C=O) groups excluding carboxylic acids is 3. The Bertz CT molecular complexity index is 863. The summed E-state index contributed by atoms with van der Waals surface area (Å²) in [6.45, 7) is 1.34. The monoisotopic (exact) mass is 439 g/mol. The summed E-state index contributed by atoms with van der Waals surface area (Å²) in [5.74, 6) is -1.72. The second kappa shape index (κ2) is 9.40. The van der Waals surface area contributed by atoms with Gasteiger partial charge in [-0.25, -0.2) is 9.18 Å². The van der Waals surface area contributed by atoms with Crippen molar-refractivity contribution in [3.05, 3.63) is 62.0 Å². The fourth-order valence-corrected chi connectivity index (χ4v) is 3.14. The summed E-state index contributed by atoms with van der Waals surface area (Å²) in [5, 5.41) is 2.64. The van der Waals surface area contributed by atoms with E-state index in [0.717, 1.165) is 11.0 Å². The number of ketones is 1. The lowest BCUT2D eigenvalue weighted by Crippen LogP contribution is -2.18. The van der Waals surface area contributed by atoms with E-state index in [1.807, 2.05) is 0 Å². The second-order valence-electron chi connectivity index (χ2n) is 5.21. The van der Waals surface area contributed by atoms with E-state index in [1.54, 1.807) is 18.2 Å². The minimum atomic E-state index is -0.743. The second-order valence-corrected chi connectivity index (χ2v) is 7.29. The Kier molecular flexibility index (Phi) is 7.23. The Labute approximate surface area is 162 Å². The number of ether oxygens (including phenoxy) is 1. The van der Waals surface area contributed by atoms with E-state index < -0.39 is 18.4 Å². The first-order chi connectivity index (χ1) is 12.3. The molecule has 0 aliphatic rings. The minimum Gasteiger partial charge on any atom is -0.454 e. The molecule has 0 spiro atoms. The van der Waals surface area contributed by atoms with Crippen molar-refractivity contribution in [1.82, 2.24) is 5.32 Å². The van der Waals surface area contributed by atoms with E-state index in [4.69, 9.17) is 4.74 Å². The standard InChI is InChI=1S/C18H15BrFNO4S/c1-11(22)21-9-14-4-6-17(26-14)16(23)10-25-18(24)7-2-12-8-13(19)3-5-15(12)20/h2-8H,9-10H2,1H3,(H,21,22)/b7-2+. The number of thiophene rings is 1. The zero-order chi connectivity index (χ0) is 19.1. The van der Waals surface area contributed by atoms with E-state index >= 15 is 0 Å². The molecule has 0 atom stereocenters. The lowest BCUT2D eigenvalue weighted by atomic mass is 10.2. The molecule has 26 heavy (non-hydrogen) atoms. The highest BCUT2D eigenvalue weighted by Gasteiger charge is 2.12. The van der Waals surface area contributed by atoms with Crippen LogP contribution < -0.4 is 5.32 Å². The van der Waals surface area contributed by atoms with Gasteiger partial charge in [0.25, 0.3) is 0 Å². The largest absolute Gasteiger partial charge is 0.454 e. The van der Waals surface area contributed by atoms with Crippen LogP contribution in [0.25, 0.3) is 6.08 Å². The number of benzene rings is 1.